The smallest absolute Gasteiger partial charge is 0.220 e. The van der Waals surface area contributed by atoms with Gasteiger partial charge in [0.05, 0.1) is 6.54 Å². The van der Waals surface area contributed by atoms with Crippen molar-refractivity contribution in [2.75, 3.05) is 0 Å². The van der Waals surface area contributed by atoms with Gasteiger partial charge in [-0.15, -0.1) is 5.10 Å². The van der Waals surface area contributed by atoms with Gasteiger partial charge in [0.2, 0.25) is 5.91 Å². The summed E-state index contributed by atoms with van der Waals surface area (Å²) in [5.41, 5.74) is 0.778. The molecule has 0 atom stereocenters. The minimum Gasteiger partial charge on any atom is -0.361 e. The molecule has 0 saturated heterocycles. The summed E-state index contributed by atoms with van der Waals surface area (Å²) in [6, 6.07) is 1.93. The van der Waals surface area contributed by atoms with Crippen LogP contribution in [-0.2, 0) is 17.9 Å². The van der Waals surface area contributed by atoms with Crippen LogP contribution in [0.15, 0.2) is 16.9 Å². The van der Waals surface area contributed by atoms with Crippen molar-refractivity contribution in [2.24, 2.45) is 0 Å². The molecule has 0 radical (unpaired) electrons. The second-order valence-corrected chi connectivity index (χ2v) is 4.95. The average molecular weight is 276 g/mol. The Kier molecular flexibility index (Phi) is 3.71. The van der Waals surface area contributed by atoms with Crippen molar-refractivity contribution in [3.63, 3.8) is 0 Å². The van der Waals surface area contributed by atoms with Gasteiger partial charge < -0.3 is 9.84 Å². The van der Waals surface area contributed by atoms with Crippen LogP contribution in [-0.4, -0.2) is 31.3 Å². The summed E-state index contributed by atoms with van der Waals surface area (Å²) < 4.78 is 6.83. The van der Waals surface area contributed by atoms with Gasteiger partial charge in [-0.3, -0.25) is 4.79 Å². The fourth-order valence-corrected chi connectivity index (χ4v) is 1.93. The molecule has 8 nitrogen and oxygen atoms in total. The molecule has 1 fully saturated rings. The molecule has 2 aromatic rings. The average Bonchev–Trinajstić information content (AvgIpc) is 2.98. The van der Waals surface area contributed by atoms with Gasteiger partial charge in [-0.1, -0.05) is 5.16 Å². The Morgan fingerprint density at radius 3 is 3.15 bits per heavy atom. The van der Waals surface area contributed by atoms with Gasteiger partial charge in [0.1, 0.15) is 17.8 Å². The molecule has 1 aliphatic rings. The first kappa shape index (κ1) is 12.8. The molecule has 20 heavy (non-hydrogen) atoms. The van der Waals surface area contributed by atoms with E-state index >= 15 is 0 Å². The third kappa shape index (κ3) is 3.40. The van der Waals surface area contributed by atoms with E-state index in [9.17, 15) is 4.79 Å². The van der Waals surface area contributed by atoms with E-state index < -0.39 is 0 Å². The molecular weight excluding hydrogens is 260 g/mol. The zero-order chi connectivity index (χ0) is 13.8. The van der Waals surface area contributed by atoms with E-state index in [1.165, 1.54) is 19.2 Å². The lowest BCUT2D eigenvalue weighted by molar-refractivity contribution is -0.121. The van der Waals surface area contributed by atoms with Gasteiger partial charge >= 0.3 is 0 Å². The van der Waals surface area contributed by atoms with E-state index in [4.69, 9.17) is 4.52 Å². The topological polar surface area (TPSA) is 98.7 Å². The molecule has 0 aliphatic heterocycles. The van der Waals surface area contributed by atoms with Crippen LogP contribution in [0.5, 0.6) is 0 Å². The Labute approximate surface area is 115 Å². The number of carbonyl (C=O) groups excluding carboxylic acids is 1. The quantitative estimate of drug-likeness (QED) is 0.796. The van der Waals surface area contributed by atoms with E-state index in [1.54, 1.807) is 4.68 Å². The lowest BCUT2D eigenvalue weighted by Crippen LogP contribution is -2.23. The van der Waals surface area contributed by atoms with Crippen LogP contribution < -0.4 is 5.32 Å². The number of nitrogens with one attached hydrogen (secondary N) is 1. The highest BCUT2D eigenvalue weighted by Gasteiger charge is 2.27. The Hall–Kier alpha value is -2.25. The zero-order valence-corrected chi connectivity index (χ0v) is 11.0. The van der Waals surface area contributed by atoms with Gasteiger partial charge in [0.25, 0.3) is 0 Å². The molecule has 8 heteroatoms. The maximum absolute atomic E-state index is 11.7. The third-order valence-electron chi connectivity index (χ3n) is 3.21. The van der Waals surface area contributed by atoms with Gasteiger partial charge in [-0.25, -0.2) is 4.68 Å². The van der Waals surface area contributed by atoms with Crippen LogP contribution in [0.3, 0.4) is 0 Å². The fraction of sp³-hybridized carbons (Fsp3) is 0.583. The van der Waals surface area contributed by atoms with Crippen molar-refractivity contribution in [2.45, 2.75) is 44.7 Å². The minimum atomic E-state index is -0.00551. The van der Waals surface area contributed by atoms with Crippen LogP contribution in [0.2, 0.25) is 0 Å². The lowest BCUT2D eigenvalue weighted by atomic mass is 10.2. The summed E-state index contributed by atoms with van der Waals surface area (Å²) in [6.45, 7) is 1.05. The summed E-state index contributed by atoms with van der Waals surface area (Å²) in [5.74, 6) is 1.48. The molecule has 1 amide bonds. The summed E-state index contributed by atoms with van der Waals surface area (Å²) in [4.78, 5) is 11.7. The van der Waals surface area contributed by atoms with E-state index in [2.05, 4.69) is 26.0 Å². The van der Waals surface area contributed by atoms with Crippen molar-refractivity contribution >= 4 is 5.91 Å². The van der Waals surface area contributed by atoms with Crippen LogP contribution in [0.25, 0.3) is 0 Å². The summed E-state index contributed by atoms with van der Waals surface area (Å²) >= 11 is 0. The first-order valence-corrected chi connectivity index (χ1v) is 6.74. The number of tetrazole rings is 1. The predicted octanol–water partition coefficient (Wildman–Crippen LogP) is 0.635. The monoisotopic (exact) mass is 276 g/mol. The van der Waals surface area contributed by atoms with Gasteiger partial charge in [-0.2, -0.15) is 0 Å². The lowest BCUT2D eigenvalue weighted by Gasteiger charge is -2.02. The molecule has 2 heterocycles. The second-order valence-electron chi connectivity index (χ2n) is 4.95. The van der Waals surface area contributed by atoms with E-state index in [-0.39, 0.29) is 5.91 Å². The van der Waals surface area contributed by atoms with Crippen molar-refractivity contribution in [1.29, 1.82) is 0 Å². The highest BCUT2D eigenvalue weighted by atomic mass is 16.5. The molecule has 1 N–H and O–H groups in total. The van der Waals surface area contributed by atoms with E-state index in [0.29, 0.717) is 31.8 Å². The summed E-state index contributed by atoms with van der Waals surface area (Å²) in [6.07, 6.45) is 5.03. The Morgan fingerprint density at radius 1 is 1.50 bits per heavy atom. The Bertz CT molecular complexity index is 560. The van der Waals surface area contributed by atoms with Crippen LogP contribution in [0, 0.1) is 0 Å². The highest BCUT2D eigenvalue weighted by Crippen LogP contribution is 2.40. The van der Waals surface area contributed by atoms with Crippen molar-refractivity contribution in [1.82, 2.24) is 30.7 Å². The number of rotatable bonds is 7. The first-order valence-electron chi connectivity index (χ1n) is 6.74. The number of aryl methyl sites for hydroxylation is 1. The number of amides is 1. The molecule has 2 aromatic heterocycles. The maximum Gasteiger partial charge on any atom is 0.220 e. The van der Waals surface area contributed by atoms with E-state index in [1.807, 2.05) is 6.07 Å². The Morgan fingerprint density at radius 2 is 2.40 bits per heavy atom. The first-order chi connectivity index (χ1) is 9.81. The molecule has 0 unspecified atom stereocenters. The molecular formula is C12H16N6O2. The number of aromatic nitrogens is 5. The van der Waals surface area contributed by atoms with Crippen molar-refractivity contribution in [3.05, 3.63) is 23.8 Å². The predicted molar refractivity (Wildman–Crippen MR) is 67.4 cm³/mol. The highest BCUT2D eigenvalue weighted by molar-refractivity contribution is 5.75. The number of carbonyl (C=O) groups is 1. The van der Waals surface area contributed by atoms with Gasteiger partial charge in [-0.05, 0) is 29.7 Å². The second kappa shape index (κ2) is 5.81. The number of hydrogen-bond acceptors (Lipinski definition) is 6. The van der Waals surface area contributed by atoms with Crippen molar-refractivity contribution < 1.29 is 9.32 Å². The minimum absolute atomic E-state index is 0.00551. The number of nitrogens with zero attached hydrogens (tertiary/aromatic N) is 5. The van der Waals surface area contributed by atoms with Crippen LogP contribution in [0.1, 0.15) is 43.1 Å². The molecule has 1 aliphatic carbocycles. The molecule has 0 aromatic carbocycles. The largest absolute Gasteiger partial charge is 0.361 e. The molecule has 0 bridgehead atoms. The summed E-state index contributed by atoms with van der Waals surface area (Å²) in [7, 11) is 0. The fourth-order valence-electron chi connectivity index (χ4n) is 1.93. The van der Waals surface area contributed by atoms with Crippen LogP contribution >= 0.6 is 0 Å². The van der Waals surface area contributed by atoms with Crippen molar-refractivity contribution in [3.8, 4) is 0 Å². The zero-order valence-electron chi connectivity index (χ0n) is 11.0. The molecule has 0 spiro atoms. The molecule has 1 saturated carbocycles. The van der Waals surface area contributed by atoms with Gasteiger partial charge in [0, 0.05) is 24.9 Å². The normalized spacial score (nSPS) is 14.4. The van der Waals surface area contributed by atoms with E-state index in [0.717, 1.165) is 11.5 Å². The molecule has 3 rings (SSSR count). The summed E-state index contributed by atoms with van der Waals surface area (Å²) in [5, 5.41) is 17.6. The molecule has 106 valence electrons. The van der Waals surface area contributed by atoms with Gasteiger partial charge in [0.15, 0.2) is 0 Å². The number of hydrogen-bond donors (Lipinski definition) is 1. The third-order valence-corrected chi connectivity index (χ3v) is 3.21. The van der Waals surface area contributed by atoms with Crippen LogP contribution in [0.4, 0.5) is 0 Å². The SMILES string of the molecule is O=C(CCCn1cnnn1)NCc1cc(C2CC2)on1. The Balaban J connectivity index is 1.35. The maximum atomic E-state index is 11.7. The standard InChI is InChI=1S/C12H16N6O2/c19-12(2-1-5-18-8-14-16-17-18)13-7-10-6-11(20-15-10)9-3-4-9/h6,8-9H,1-5,7H2,(H,13,19).